The highest BCUT2D eigenvalue weighted by atomic mass is 15.2. The van der Waals surface area contributed by atoms with Gasteiger partial charge in [-0.15, -0.1) is 0 Å². The van der Waals surface area contributed by atoms with E-state index in [0.29, 0.717) is 0 Å². The van der Waals surface area contributed by atoms with E-state index in [4.69, 9.17) is 0 Å². The molecule has 0 saturated carbocycles. The lowest BCUT2D eigenvalue weighted by atomic mass is 10.1. The molecule has 0 aromatic carbocycles. The van der Waals surface area contributed by atoms with Crippen LogP contribution in [0.3, 0.4) is 0 Å². The molecule has 2 aliphatic heterocycles. The van der Waals surface area contributed by atoms with Gasteiger partial charge in [0.1, 0.15) is 5.84 Å². The zero-order chi connectivity index (χ0) is 8.93. The fourth-order valence-electron chi connectivity index (χ4n) is 2.02. The van der Waals surface area contributed by atoms with Crippen LogP contribution in [0.1, 0.15) is 25.7 Å². The minimum atomic E-state index is 1.02. The van der Waals surface area contributed by atoms with Gasteiger partial charge in [0.2, 0.25) is 0 Å². The summed E-state index contributed by atoms with van der Waals surface area (Å²) in [4.78, 5) is 7.00. The molecule has 1 fully saturated rings. The first kappa shape index (κ1) is 9.00. The van der Waals surface area contributed by atoms with E-state index in [2.05, 4.69) is 15.2 Å². The zero-order valence-electron chi connectivity index (χ0n) is 8.26. The predicted octanol–water partition coefficient (Wildman–Crippen LogP) is 0.864. The van der Waals surface area contributed by atoms with Gasteiger partial charge in [-0.3, -0.25) is 9.89 Å². The number of likely N-dealkylation sites (tertiary alicyclic amines) is 1. The lowest BCUT2D eigenvalue weighted by Gasteiger charge is -2.28. The molecule has 0 aliphatic carbocycles. The highest BCUT2D eigenvalue weighted by Crippen LogP contribution is 2.08. The molecule has 1 saturated heterocycles. The molecule has 0 aromatic heterocycles. The Bertz CT molecular complexity index is 183. The van der Waals surface area contributed by atoms with Crippen molar-refractivity contribution in [1.82, 2.24) is 10.2 Å². The summed E-state index contributed by atoms with van der Waals surface area (Å²) in [6.07, 6.45) is 5.35. The van der Waals surface area contributed by atoms with Crippen molar-refractivity contribution in [1.29, 1.82) is 0 Å². The molecule has 0 amide bonds. The van der Waals surface area contributed by atoms with E-state index in [1.54, 1.807) is 0 Å². The van der Waals surface area contributed by atoms with Gasteiger partial charge < -0.3 is 5.32 Å². The molecule has 2 aliphatic rings. The van der Waals surface area contributed by atoms with Crippen LogP contribution in [0.5, 0.6) is 0 Å². The van der Waals surface area contributed by atoms with Gasteiger partial charge in [-0.1, -0.05) is 6.42 Å². The Hall–Kier alpha value is -0.570. The van der Waals surface area contributed by atoms with Crippen molar-refractivity contribution in [3.8, 4) is 0 Å². The Kier molecular flexibility index (Phi) is 3.19. The minimum Gasteiger partial charge on any atom is -0.373 e. The number of rotatable bonds is 2. The van der Waals surface area contributed by atoms with Gasteiger partial charge in [0.25, 0.3) is 0 Å². The molecule has 0 atom stereocenters. The third-order valence-corrected chi connectivity index (χ3v) is 2.79. The molecular formula is C10H19N3. The van der Waals surface area contributed by atoms with Crippen molar-refractivity contribution in [3.05, 3.63) is 0 Å². The van der Waals surface area contributed by atoms with Crippen LogP contribution in [0.15, 0.2) is 4.99 Å². The Morgan fingerprint density at radius 3 is 2.69 bits per heavy atom. The maximum absolute atomic E-state index is 4.49. The van der Waals surface area contributed by atoms with Crippen molar-refractivity contribution in [2.75, 3.05) is 32.7 Å². The van der Waals surface area contributed by atoms with E-state index >= 15 is 0 Å². The normalized spacial score (nSPS) is 25.1. The predicted molar refractivity (Wildman–Crippen MR) is 55.2 cm³/mol. The monoisotopic (exact) mass is 181 g/mol. The van der Waals surface area contributed by atoms with Gasteiger partial charge in [-0.05, 0) is 32.4 Å². The highest BCUT2D eigenvalue weighted by molar-refractivity contribution is 5.84. The average molecular weight is 181 g/mol. The topological polar surface area (TPSA) is 27.6 Å². The second kappa shape index (κ2) is 4.61. The molecule has 2 rings (SSSR count). The smallest absolute Gasteiger partial charge is 0.111 e. The molecule has 0 radical (unpaired) electrons. The third kappa shape index (κ3) is 2.69. The SMILES string of the molecule is C1CCN(CC2=NCCCN2)CC1. The summed E-state index contributed by atoms with van der Waals surface area (Å²) in [5.74, 6) is 1.22. The first-order chi connectivity index (χ1) is 6.45. The molecule has 74 valence electrons. The number of hydrogen-bond donors (Lipinski definition) is 1. The van der Waals surface area contributed by atoms with E-state index < -0.39 is 0 Å². The molecule has 13 heavy (non-hydrogen) atoms. The lowest BCUT2D eigenvalue weighted by Crippen LogP contribution is -2.41. The quantitative estimate of drug-likeness (QED) is 0.684. The summed E-state index contributed by atoms with van der Waals surface area (Å²) in [5.41, 5.74) is 0. The number of amidine groups is 1. The Morgan fingerprint density at radius 2 is 2.00 bits per heavy atom. The zero-order valence-corrected chi connectivity index (χ0v) is 8.26. The summed E-state index contributed by atoms with van der Waals surface area (Å²) >= 11 is 0. The average Bonchev–Trinajstić information content (AvgIpc) is 2.21. The van der Waals surface area contributed by atoms with Crippen molar-refractivity contribution in [2.45, 2.75) is 25.7 Å². The van der Waals surface area contributed by atoms with Crippen LogP contribution in [0, 0.1) is 0 Å². The Labute approximate surface area is 80.2 Å². The number of nitrogens with one attached hydrogen (secondary N) is 1. The molecule has 0 unspecified atom stereocenters. The van der Waals surface area contributed by atoms with E-state index in [1.165, 1.54) is 44.6 Å². The number of piperidine rings is 1. The van der Waals surface area contributed by atoms with Crippen LogP contribution in [0.2, 0.25) is 0 Å². The molecule has 0 spiro atoms. The number of hydrogen-bond acceptors (Lipinski definition) is 3. The molecular weight excluding hydrogens is 162 g/mol. The van der Waals surface area contributed by atoms with Crippen molar-refractivity contribution in [2.24, 2.45) is 4.99 Å². The van der Waals surface area contributed by atoms with Crippen LogP contribution in [0.25, 0.3) is 0 Å². The maximum Gasteiger partial charge on any atom is 0.111 e. The lowest BCUT2D eigenvalue weighted by molar-refractivity contribution is 0.256. The molecule has 3 nitrogen and oxygen atoms in total. The van der Waals surface area contributed by atoms with Gasteiger partial charge >= 0.3 is 0 Å². The van der Waals surface area contributed by atoms with Gasteiger partial charge in [0, 0.05) is 13.1 Å². The van der Waals surface area contributed by atoms with Gasteiger partial charge in [-0.25, -0.2) is 0 Å². The molecule has 2 heterocycles. The molecule has 3 heteroatoms. The second-order valence-corrected chi connectivity index (χ2v) is 3.95. The number of aliphatic imine (C=N–C) groups is 1. The van der Waals surface area contributed by atoms with Crippen molar-refractivity contribution >= 4 is 5.84 Å². The first-order valence-corrected chi connectivity index (χ1v) is 5.45. The largest absolute Gasteiger partial charge is 0.373 e. The standard InChI is InChI=1S/C10H19N3/c1-2-7-13(8-3-1)9-10-11-5-4-6-12-10/h1-9H2,(H,11,12). The summed E-state index contributed by atoms with van der Waals surface area (Å²) in [6, 6.07) is 0. The van der Waals surface area contributed by atoms with Crippen LogP contribution >= 0.6 is 0 Å². The first-order valence-electron chi connectivity index (χ1n) is 5.45. The molecule has 1 N–H and O–H groups in total. The van der Waals surface area contributed by atoms with Gasteiger partial charge in [0.05, 0.1) is 6.54 Å². The van der Waals surface area contributed by atoms with E-state index in [9.17, 15) is 0 Å². The van der Waals surface area contributed by atoms with E-state index in [0.717, 1.165) is 19.6 Å². The molecule has 0 aromatic rings. The van der Waals surface area contributed by atoms with Crippen LogP contribution in [0.4, 0.5) is 0 Å². The van der Waals surface area contributed by atoms with Gasteiger partial charge in [-0.2, -0.15) is 0 Å². The Morgan fingerprint density at radius 1 is 1.15 bits per heavy atom. The Balaban J connectivity index is 1.78. The fraction of sp³-hybridized carbons (Fsp3) is 0.900. The van der Waals surface area contributed by atoms with Crippen LogP contribution in [-0.4, -0.2) is 43.5 Å². The second-order valence-electron chi connectivity index (χ2n) is 3.95. The summed E-state index contributed by atoms with van der Waals surface area (Å²) in [7, 11) is 0. The third-order valence-electron chi connectivity index (χ3n) is 2.79. The fourth-order valence-corrected chi connectivity index (χ4v) is 2.02. The minimum absolute atomic E-state index is 1.02. The summed E-state index contributed by atoms with van der Waals surface area (Å²) in [5, 5.41) is 3.37. The van der Waals surface area contributed by atoms with Crippen molar-refractivity contribution in [3.63, 3.8) is 0 Å². The summed E-state index contributed by atoms with van der Waals surface area (Å²) in [6.45, 7) is 5.73. The van der Waals surface area contributed by atoms with Gasteiger partial charge in [0.15, 0.2) is 0 Å². The van der Waals surface area contributed by atoms with E-state index in [-0.39, 0.29) is 0 Å². The molecule has 0 bridgehead atoms. The number of nitrogens with zero attached hydrogens (tertiary/aromatic N) is 2. The maximum atomic E-state index is 4.49. The van der Waals surface area contributed by atoms with Crippen LogP contribution < -0.4 is 5.32 Å². The summed E-state index contributed by atoms with van der Waals surface area (Å²) < 4.78 is 0. The van der Waals surface area contributed by atoms with Crippen LogP contribution in [-0.2, 0) is 0 Å². The highest BCUT2D eigenvalue weighted by Gasteiger charge is 2.13. The van der Waals surface area contributed by atoms with Crippen molar-refractivity contribution < 1.29 is 0 Å². The van der Waals surface area contributed by atoms with E-state index in [1.807, 2.05) is 0 Å².